The number of carbonyl (C=O) groups is 1. The SMILES string of the molecule is COCCO[C@@H](c1ccc(Cl)cc1)[C@@H](c1ccccc1)N1CCCC1=O. The zero-order valence-electron chi connectivity index (χ0n) is 14.9. The summed E-state index contributed by atoms with van der Waals surface area (Å²) in [5.74, 6) is 0.174. The van der Waals surface area contributed by atoms with Crippen molar-refractivity contribution in [3.05, 3.63) is 70.7 Å². The van der Waals surface area contributed by atoms with Crippen LogP contribution in [0, 0.1) is 0 Å². The van der Waals surface area contributed by atoms with E-state index in [1.807, 2.05) is 47.4 Å². The average molecular weight is 374 g/mol. The number of halogens is 1. The van der Waals surface area contributed by atoms with Gasteiger partial charge in [0.2, 0.25) is 5.91 Å². The predicted octanol–water partition coefficient (Wildman–Crippen LogP) is 4.41. The standard InChI is InChI=1S/C21H24ClNO3/c1-25-14-15-26-21(17-9-11-18(22)12-10-17)20(16-6-3-2-4-7-16)23-13-5-8-19(23)24/h2-4,6-7,9-12,20-21H,5,8,13-15H2,1H3/t20-,21+/m1/s1. The fourth-order valence-electron chi connectivity index (χ4n) is 3.41. The molecule has 0 radical (unpaired) electrons. The fraction of sp³-hybridized carbons (Fsp3) is 0.381. The summed E-state index contributed by atoms with van der Waals surface area (Å²) in [5.41, 5.74) is 2.07. The molecule has 0 unspecified atom stereocenters. The van der Waals surface area contributed by atoms with Crippen LogP contribution in [0.4, 0.5) is 0 Å². The van der Waals surface area contributed by atoms with Crippen molar-refractivity contribution in [3.63, 3.8) is 0 Å². The van der Waals surface area contributed by atoms with Crippen LogP contribution in [-0.2, 0) is 14.3 Å². The van der Waals surface area contributed by atoms with Crippen molar-refractivity contribution in [2.75, 3.05) is 26.9 Å². The molecule has 1 fully saturated rings. The van der Waals surface area contributed by atoms with Crippen molar-refractivity contribution in [1.82, 2.24) is 4.90 Å². The van der Waals surface area contributed by atoms with Crippen LogP contribution < -0.4 is 0 Å². The summed E-state index contributed by atoms with van der Waals surface area (Å²) in [4.78, 5) is 14.5. The number of methoxy groups -OCH3 is 1. The second kappa shape index (κ2) is 9.17. The van der Waals surface area contributed by atoms with Crippen LogP contribution >= 0.6 is 11.6 Å². The van der Waals surface area contributed by atoms with Crippen LogP contribution in [0.5, 0.6) is 0 Å². The van der Waals surface area contributed by atoms with Crippen LogP contribution in [0.15, 0.2) is 54.6 Å². The number of rotatable bonds is 8. The van der Waals surface area contributed by atoms with E-state index in [0.29, 0.717) is 24.7 Å². The van der Waals surface area contributed by atoms with Crippen molar-refractivity contribution < 1.29 is 14.3 Å². The van der Waals surface area contributed by atoms with Crippen molar-refractivity contribution in [2.24, 2.45) is 0 Å². The minimum atomic E-state index is -0.285. The Morgan fingerprint density at radius 1 is 1.04 bits per heavy atom. The minimum absolute atomic E-state index is 0.174. The van der Waals surface area contributed by atoms with Gasteiger partial charge in [-0.05, 0) is 29.7 Å². The molecule has 2 atom stereocenters. The van der Waals surface area contributed by atoms with E-state index >= 15 is 0 Å². The molecule has 1 saturated heterocycles. The monoisotopic (exact) mass is 373 g/mol. The molecule has 3 rings (SSSR count). The van der Waals surface area contributed by atoms with Gasteiger partial charge >= 0.3 is 0 Å². The van der Waals surface area contributed by atoms with Gasteiger partial charge in [-0.1, -0.05) is 54.1 Å². The van der Waals surface area contributed by atoms with Crippen molar-refractivity contribution in [3.8, 4) is 0 Å². The molecule has 2 aromatic carbocycles. The number of amides is 1. The molecule has 5 heteroatoms. The summed E-state index contributed by atoms with van der Waals surface area (Å²) in [7, 11) is 1.65. The highest BCUT2D eigenvalue weighted by Crippen LogP contribution is 2.39. The molecule has 26 heavy (non-hydrogen) atoms. The Balaban J connectivity index is 1.99. The number of nitrogens with zero attached hydrogens (tertiary/aromatic N) is 1. The molecule has 4 nitrogen and oxygen atoms in total. The van der Waals surface area contributed by atoms with E-state index < -0.39 is 0 Å². The second-order valence-electron chi connectivity index (χ2n) is 6.38. The normalized spacial score (nSPS) is 16.7. The van der Waals surface area contributed by atoms with Gasteiger partial charge in [-0.2, -0.15) is 0 Å². The van der Waals surface area contributed by atoms with Crippen LogP contribution in [0.2, 0.25) is 5.02 Å². The third-order valence-corrected chi connectivity index (χ3v) is 4.91. The Labute approximate surface area is 159 Å². The number of hydrogen-bond acceptors (Lipinski definition) is 3. The van der Waals surface area contributed by atoms with E-state index in [9.17, 15) is 4.79 Å². The highest BCUT2D eigenvalue weighted by Gasteiger charge is 2.36. The highest BCUT2D eigenvalue weighted by atomic mass is 35.5. The second-order valence-corrected chi connectivity index (χ2v) is 6.82. The molecule has 2 aromatic rings. The molecule has 1 aliphatic rings. The van der Waals surface area contributed by atoms with E-state index in [1.54, 1.807) is 7.11 Å². The Morgan fingerprint density at radius 3 is 2.38 bits per heavy atom. The Bertz CT molecular complexity index is 705. The van der Waals surface area contributed by atoms with Gasteiger partial charge in [-0.3, -0.25) is 4.79 Å². The van der Waals surface area contributed by atoms with E-state index in [-0.39, 0.29) is 18.1 Å². The first-order valence-corrected chi connectivity index (χ1v) is 9.29. The first-order valence-electron chi connectivity index (χ1n) is 8.91. The van der Waals surface area contributed by atoms with Gasteiger partial charge in [0.15, 0.2) is 0 Å². The third kappa shape index (κ3) is 4.44. The molecule has 0 N–H and O–H groups in total. The maximum atomic E-state index is 12.5. The van der Waals surface area contributed by atoms with Gasteiger partial charge < -0.3 is 14.4 Å². The predicted molar refractivity (Wildman–Crippen MR) is 102 cm³/mol. The molecule has 0 aliphatic carbocycles. The van der Waals surface area contributed by atoms with Crippen molar-refractivity contribution in [2.45, 2.75) is 25.0 Å². The lowest BCUT2D eigenvalue weighted by Gasteiger charge is -2.35. The van der Waals surface area contributed by atoms with Gasteiger partial charge in [-0.25, -0.2) is 0 Å². The molecule has 1 aliphatic heterocycles. The summed E-state index contributed by atoms with van der Waals surface area (Å²) >= 11 is 6.06. The van der Waals surface area contributed by atoms with E-state index in [1.165, 1.54) is 0 Å². The maximum Gasteiger partial charge on any atom is 0.223 e. The van der Waals surface area contributed by atoms with Crippen LogP contribution in [0.3, 0.4) is 0 Å². The summed E-state index contributed by atoms with van der Waals surface area (Å²) in [6.45, 7) is 1.70. The molecule has 0 bridgehead atoms. The summed E-state index contributed by atoms with van der Waals surface area (Å²) in [5, 5.41) is 0.679. The van der Waals surface area contributed by atoms with E-state index in [2.05, 4.69) is 12.1 Å². The molecule has 0 saturated carbocycles. The fourth-order valence-corrected chi connectivity index (χ4v) is 3.54. The Hall–Kier alpha value is -1.88. The molecular weight excluding hydrogens is 350 g/mol. The smallest absolute Gasteiger partial charge is 0.223 e. The minimum Gasteiger partial charge on any atom is -0.382 e. The van der Waals surface area contributed by atoms with E-state index in [4.69, 9.17) is 21.1 Å². The number of ether oxygens (including phenoxy) is 2. The number of likely N-dealkylation sites (tertiary alicyclic amines) is 1. The first-order chi connectivity index (χ1) is 12.7. The molecule has 1 amide bonds. The summed E-state index contributed by atoms with van der Waals surface area (Å²) < 4.78 is 11.4. The van der Waals surface area contributed by atoms with Crippen LogP contribution in [0.1, 0.15) is 36.1 Å². The quantitative estimate of drug-likeness (QED) is 0.643. The average Bonchev–Trinajstić information content (AvgIpc) is 3.08. The largest absolute Gasteiger partial charge is 0.382 e. The van der Waals surface area contributed by atoms with E-state index in [0.717, 1.165) is 24.1 Å². The lowest BCUT2D eigenvalue weighted by atomic mass is 9.94. The van der Waals surface area contributed by atoms with Gasteiger partial charge in [-0.15, -0.1) is 0 Å². The molecule has 0 spiro atoms. The Kier molecular flexibility index (Phi) is 6.67. The molecule has 1 heterocycles. The zero-order valence-corrected chi connectivity index (χ0v) is 15.7. The van der Waals surface area contributed by atoms with Gasteiger partial charge in [0, 0.05) is 25.1 Å². The lowest BCUT2D eigenvalue weighted by Crippen LogP contribution is -2.35. The Morgan fingerprint density at radius 2 is 1.77 bits per heavy atom. The molecule has 138 valence electrons. The number of carbonyl (C=O) groups excluding carboxylic acids is 1. The molecule has 0 aromatic heterocycles. The number of hydrogen-bond donors (Lipinski definition) is 0. The summed E-state index contributed by atoms with van der Waals surface area (Å²) in [6, 6.07) is 17.6. The summed E-state index contributed by atoms with van der Waals surface area (Å²) in [6.07, 6.45) is 1.19. The number of benzene rings is 2. The third-order valence-electron chi connectivity index (χ3n) is 4.66. The first kappa shape index (κ1) is 18.9. The van der Waals surface area contributed by atoms with Gasteiger partial charge in [0.25, 0.3) is 0 Å². The van der Waals surface area contributed by atoms with Crippen molar-refractivity contribution >= 4 is 17.5 Å². The molecular formula is C21H24ClNO3. The lowest BCUT2D eigenvalue weighted by molar-refractivity contribution is -0.134. The van der Waals surface area contributed by atoms with Crippen LogP contribution in [-0.4, -0.2) is 37.7 Å². The maximum absolute atomic E-state index is 12.5. The van der Waals surface area contributed by atoms with Gasteiger partial charge in [0.05, 0.1) is 19.3 Å². The topological polar surface area (TPSA) is 38.8 Å². The van der Waals surface area contributed by atoms with Crippen LogP contribution in [0.25, 0.3) is 0 Å². The zero-order chi connectivity index (χ0) is 18.4. The highest BCUT2D eigenvalue weighted by molar-refractivity contribution is 6.30. The van der Waals surface area contributed by atoms with Gasteiger partial charge in [0.1, 0.15) is 6.10 Å². The van der Waals surface area contributed by atoms with Crippen molar-refractivity contribution in [1.29, 1.82) is 0 Å².